The van der Waals surface area contributed by atoms with Crippen LogP contribution in [0.25, 0.3) is 5.69 Å². The molecule has 5 nitrogen and oxygen atoms in total. The van der Waals surface area contributed by atoms with Crippen molar-refractivity contribution in [1.82, 2.24) is 14.8 Å². The molecule has 4 aromatic rings. The van der Waals surface area contributed by atoms with E-state index in [1.807, 2.05) is 65.2 Å². The molecule has 156 valence electrons. The number of halogens is 2. The van der Waals surface area contributed by atoms with E-state index in [9.17, 15) is 13.6 Å². The number of hydrogen-bond acceptors (Lipinski definition) is 4. The largest absolute Gasteiger partial charge is 0.325 e. The first-order valence-corrected chi connectivity index (χ1v) is 10.5. The molecule has 0 fully saturated rings. The van der Waals surface area contributed by atoms with Gasteiger partial charge < -0.3 is 5.32 Å². The molecule has 0 bridgehead atoms. The SMILES string of the molecule is O=C(CSc1nnc(Cc2ccccc2)n1-c1ccccc1)Nc1cc(F)cc(F)c1. The summed E-state index contributed by atoms with van der Waals surface area (Å²) in [5, 5.41) is 11.7. The van der Waals surface area contributed by atoms with Crippen LogP contribution in [0.2, 0.25) is 0 Å². The Morgan fingerprint density at radius 1 is 0.903 bits per heavy atom. The summed E-state index contributed by atoms with van der Waals surface area (Å²) in [7, 11) is 0. The number of thioether (sulfide) groups is 1. The molecule has 0 radical (unpaired) electrons. The van der Waals surface area contributed by atoms with Crippen molar-refractivity contribution in [3.05, 3.63) is 102 Å². The Kier molecular flexibility index (Phi) is 6.37. The number of aromatic nitrogens is 3. The molecule has 1 amide bonds. The lowest BCUT2D eigenvalue weighted by molar-refractivity contribution is -0.113. The lowest BCUT2D eigenvalue weighted by Gasteiger charge is -2.10. The van der Waals surface area contributed by atoms with Crippen molar-refractivity contribution in [3.63, 3.8) is 0 Å². The van der Waals surface area contributed by atoms with Crippen LogP contribution in [-0.4, -0.2) is 26.4 Å². The van der Waals surface area contributed by atoms with E-state index in [2.05, 4.69) is 15.5 Å². The van der Waals surface area contributed by atoms with Crippen LogP contribution in [0.1, 0.15) is 11.4 Å². The van der Waals surface area contributed by atoms with E-state index in [-0.39, 0.29) is 11.4 Å². The fourth-order valence-corrected chi connectivity index (χ4v) is 3.85. The van der Waals surface area contributed by atoms with E-state index >= 15 is 0 Å². The monoisotopic (exact) mass is 436 g/mol. The highest BCUT2D eigenvalue weighted by atomic mass is 32.2. The Labute approximate surface area is 182 Å². The van der Waals surface area contributed by atoms with Crippen LogP contribution < -0.4 is 5.32 Å². The molecule has 8 heteroatoms. The summed E-state index contributed by atoms with van der Waals surface area (Å²) >= 11 is 1.20. The van der Waals surface area contributed by atoms with Crippen LogP contribution in [0.3, 0.4) is 0 Å². The Bertz CT molecular complexity index is 1160. The average Bonchev–Trinajstić information content (AvgIpc) is 3.15. The number of benzene rings is 3. The summed E-state index contributed by atoms with van der Waals surface area (Å²) < 4.78 is 28.6. The Hall–Kier alpha value is -3.52. The molecular formula is C23H18F2N4OS. The smallest absolute Gasteiger partial charge is 0.234 e. The zero-order valence-electron chi connectivity index (χ0n) is 16.3. The van der Waals surface area contributed by atoms with Crippen molar-refractivity contribution in [2.75, 3.05) is 11.1 Å². The van der Waals surface area contributed by atoms with Gasteiger partial charge in [0.2, 0.25) is 5.91 Å². The van der Waals surface area contributed by atoms with Gasteiger partial charge in [0, 0.05) is 23.9 Å². The fraction of sp³-hybridized carbons (Fsp3) is 0.0870. The van der Waals surface area contributed by atoms with Gasteiger partial charge >= 0.3 is 0 Å². The molecule has 31 heavy (non-hydrogen) atoms. The summed E-state index contributed by atoms with van der Waals surface area (Å²) in [5.74, 6) is -1.15. The maximum atomic E-state index is 13.3. The second-order valence-corrected chi connectivity index (χ2v) is 7.67. The molecule has 0 atom stereocenters. The van der Waals surface area contributed by atoms with E-state index in [1.54, 1.807) is 0 Å². The van der Waals surface area contributed by atoms with Gasteiger partial charge in [-0.25, -0.2) is 8.78 Å². The number of hydrogen-bond donors (Lipinski definition) is 1. The normalized spacial score (nSPS) is 10.8. The quantitative estimate of drug-likeness (QED) is 0.420. The van der Waals surface area contributed by atoms with Crippen molar-refractivity contribution in [3.8, 4) is 5.69 Å². The number of carbonyl (C=O) groups is 1. The van der Waals surface area contributed by atoms with Crippen LogP contribution in [0.15, 0.2) is 84.0 Å². The van der Waals surface area contributed by atoms with Crippen LogP contribution in [0.5, 0.6) is 0 Å². The summed E-state index contributed by atoms with van der Waals surface area (Å²) in [6.45, 7) is 0. The van der Waals surface area contributed by atoms with Gasteiger partial charge in [-0.3, -0.25) is 9.36 Å². The average molecular weight is 436 g/mol. The third kappa shape index (κ3) is 5.35. The first kappa shape index (κ1) is 20.7. The minimum absolute atomic E-state index is 0.00837. The van der Waals surface area contributed by atoms with Gasteiger partial charge in [-0.05, 0) is 29.8 Å². The molecule has 0 unspecified atom stereocenters. The third-order valence-corrected chi connectivity index (χ3v) is 5.33. The molecule has 0 aliphatic heterocycles. The zero-order chi connectivity index (χ0) is 21.6. The topological polar surface area (TPSA) is 59.8 Å². The number of nitrogens with one attached hydrogen (secondary N) is 1. The first-order valence-electron chi connectivity index (χ1n) is 9.51. The van der Waals surface area contributed by atoms with Gasteiger partial charge in [-0.2, -0.15) is 0 Å². The van der Waals surface area contributed by atoms with Crippen LogP contribution >= 0.6 is 11.8 Å². The second-order valence-electron chi connectivity index (χ2n) is 6.73. The minimum Gasteiger partial charge on any atom is -0.325 e. The predicted molar refractivity (Wildman–Crippen MR) is 116 cm³/mol. The van der Waals surface area contributed by atoms with Gasteiger partial charge in [-0.15, -0.1) is 10.2 Å². The molecule has 0 saturated heterocycles. The molecule has 1 heterocycles. The van der Waals surface area contributed by atoms with Crippen molar-refractivity contribution in [2.45, 2.75) is 11.6 Å². The molecule has 1 aromatic heterocycles. The van der Waals surface area contributed by atoms with Gasteiger partial charge in [0.05, 0.1) is 5.75 Å². The fourth-order valence-electron chi connectivity index (χ4n) is 3.08. The molecule has 0 aliphatic carbocycles. The Morgan fingerprint density at radius 3 is 2.23 bits per heavy atom. The third-order valence-electron chi connectivity index (χ3n) is 4.40. The Balaban J connectivity index is 1.53. The molecule has 4 rings (SSSR count). The van der Waals surface area contributed by atoms with Crippen molar-refractivity contribution < 1.29 is 13.6 Å². The number of carbonyl (C=O) groups excluding carboxylic acids is 1. The van der Waals surface area contributed by atoms with Crippen molar-refractivity contribution in [1.29, 1.82) is 0 Å². The Morgan fingerprint density at radius 2 is 1.55 bits per heavy atom. The van der Waals surface area contributed by atoms with E-state index in [0.29, 0.717) is 11.6 Å². The summed E-state index contributed by atoms with van der Waals surface area (Å²) in [6.07, 6.45) is 0.581. The predicted octanol–water partition coefficient (Wildman–Crippen LogP) is 4.87. The first-order chi connectivity index (χ1) is 15.1. The highest BCUT2D eigenvalue weighted by molar-refractivity contribution is 7.99. The molecule has 0 spiro atoms. The zero-order valence-corrected chi connectivity index (χ0v) is 17.2. The highest BCUT2D eigenvalue weighted by Crippen LogP contribution is 2.24. The number of para-hydroxylation sites is 1. The van der Waals surface area contributed by atoms with Crippen molar-refractivity contribution >= 4 is 23.4 Å². The molecule has 1 N–H and O–H groups in total. The number of rotatable bonds is 7. The standard InChI is InChI=1S/C23H18F2N4OS/c24-17-12-18(25)14-19(13-17)26-22(30)15-31-23-28-27-21(11-16-7-3-1-4-8-16)29(23)20-9-5-2-6-10-20/h1-10,12-14H,11,15H2,(H,26,30). The molecular weight excluding hydrogens is 418 g/mol. The lowest BCUT2D eigenvalue weighted by Crippen LogP contribution is -2.15. The van der Waals surface area contributed by atoms with Gasteiger partial charge in [0.25, 0.3) is 0 Å². The highest BCUT2D eigenvalue weighted by Gasteiger charge is 2.16. The molecule has 0 saturated carbocycles. The maximum Gasteiger partial charge on any atom is 0.234 e. The van der Waals surface area contributed by atoms with Crippen molar-refractivity contribution in [2.24, 2.45) is 0 Å². The summed E-state index contributed by atoms with van der Waals surface area (Å²) in [5.41, 5.74) is 2.04. The number of nitrogens with zero attached hydrogens (tertiary/aromatic N) is 3. The molecule has 0 aliphatic rings. The maximum absolute atomic E-state index is 13.3. The van der Waals surface area contributed by atoms with Crippen LogP contribution in [-0.2, 0) is 11.2 Å². The van der Waals surface area contributed by atoms with E-state index in [1.165, 1.54) is 11.8 Å². The van der Waals surface area contributed by atoms with Crippen LogP contribution in [0.4, 0.5) is 14.5 Å². The van der Waals surface area contributed by atoms with Gasteiger partial charge in [-0.1, -0.05) is 60.3 Å². The van der Waals surface area contributed by atoms with E-state index in [4.69, 9.17) is 0 Å². The van der Waals surface area contributed by atoms with E-state index in [0.717, 1.165) is 35.3 Å². The minimum atomic E-state index is -0.752. The summed E-state index contributed by atoms with van der Waals surface area (Å²) in [4.78, 5) is 12.3. The number of anilines is 1. The van der Waals surface area contributed by atoms with Gasteiger partial charge in [0.15, 0.2) is 5.16 Å². The lowest BCUT2D eigenvalue weighted by atomic mass is 10.1. The molecule has 3 aromatic carbocycles. The second kappa shape index (κ2) is 9.53. The van der Waals surface area contributed by atoms with Gasteiger partial charge in [0.1, 0.15) is 17.5 Å². The number of amides is 1. The van der Waals surface area contributed by atoms with Crippen LogP contribution in [0, 0.1) is 11.6 Å². The van der Waals surface area contributed by atoms with E-state index < -0.39 is 17.5 Å². The summed E-state index contributed by atoms with van der Waals surface area (Å²) in [6, 6.07) is 22.4.